The second kappa shape index (κ2) is 6.82. The fourth-order valence-electron chi connectivity index (χ4n) is 1.31. The molecule has 0 aliphatic rings. The molecule has 0 heterocycles. The predicted molar refractivity (Wildman–Crippen MR) is 75.7 cm³/mol. The number of hydrogen-bond acceptors (Lipinski definition) is 3. The van der Waals surface area contributed by atoms with E-state index in [9.17, 15) is 26.4 Å². The minimum atomic E-state index is -4.66. The minimum absolute atomic E-state index is 0.147. The summed E-state index contributed by atoms with van der Waals surface area (Å²) in [5.74, 6) is -0.819. The third kappa shape index (κ3) is 5.13. The standard InChI is InChI=1S/C11H13ClF3N3O3S/c1-18(2)22(20,21)16-6-10(19)17-7-3-4-9(12)8(5-7)11(13,14)15/h3-5,16H,6H2,1-2H3,(H,17,19). The van der Waals surface area contributed by atoms with E-state index in [-0.39, 0.29) is 5.69 Å². The van der Waals surface area contributed by atoms with Crippen molar-refractivity contribution in [1.82, 2.24) is 9.03 Å². The zero-order valence-corrected chi connectivity index (χ0v) is 13.1. The van der Waals surface area contributed by atoms with E-state index in [4.69, 9.17) is 11.6 Å². The van der Waals surface area contributed by atoms with Gasteiger partial charge in [0.1, 0.15) is 0 Å². The Morgan fingerprint density at radius 2 is 1.91 bits per heavy atom. The van der Waals surface area contributed by atoms with Crippen molar-refractivity contribution in [2.45, 2.75) is 6.18 Å². The predicted octanol–water partition coefficient (Wildman–Crippen LogP) is 1.69. The molecule has 124 valence electrons. The number of amides is 1. The van der Waals surface area contributed by atoms with Crippen LogP contribution in [0.15, 0.2) is 18.2 Å². The van der Waals surface area contributed by atoms with Crippen LogP contribution in [0.5, 0.6) is 0 Å². The van der Waals surface area contributed by atoms with Gasteiger partial charge in [-0.2, -0.15) is 30.6 Å². The summed E-state index contributed by atoms with van der Waals surface area (Å²) in [5, 5.41) is 1.65. The van der Waals surface area contributed by atoms with Gasteiger partial charge in [-0.05, 0) is 18.2 Å². The maximum Gasteiger partial charge on any atom is 0.417 e. The summed E-state index contributed by atoms with van der Waals surface area (Å²) in [4.78, 5) is 11.6. The second-order valence-electron chi connectivity index (χ2n) is 4.35. The summed E-state index contributed by atoms with van der Waals surface area (Å²) < 4.78 is 63.6. The quantitative estimate of drug-likeness (QED) is 0.839. The Morgan fingerprint density at radius 1 is 1.32 bits per heavy atom. The maximum absolute atomic E-state index is 12.7. The Morgan fingerprint density at radius 3 is 2.41 bits per heavy atom. The summed E-state index contributed by atoms with van der Waals surface area (Å²) in [7, 11) is -1.28. The van der Waals surface area contributed by atoms with Crippen molar-refractivity contribution in [3.05, 3.63) is 28.8 Å². The molecule has 2 N–H and O–H groups in total. The Balaban J connectivity index is 2.78. The van der Waals surface area contributed by atoms with Crippen LogP contribution in [0.3, 0.4) is 0 Å². The first-order chi connectivity index (χ1) is 9.93. The molecule has 0 saturated carbocycles. The Labute approximate surface area is 130 Å². The topological polar surface area (TPSA) is 78.5 Å². The van der Waals surface area contributed by atoms with Crippen molar-refractivity contribution in [3.8, 4) is 0 Å². The van der Waals surface area contributed by atoms with Crippen LogP contribution in [0.4, 0.5) is 18.9 Å². The van der Waals surface area contributed by atoms with E-state index in [1.807, 2.05) is 4.72 Å². The average molecular weight is 360 g/mol. The lowest BCUT2D eigenvalue weighted by molar-refractivity contribution is -0.137. The van der Waals surface area contributed by atoms with Crippen LogP contribution in [-0.2, 0) is 21.2 Å². The number of nitrogens with zero attached hydrogens (tertiary/aromatic N) is 1. The molecule has 0 spiro atoms. The lowest BCUT2D eigenvalue weighted by atomic mass is 10.2. The van der Waals surface area contributed by atoms with E-state index in [0.29, 0.717) is 6.07 Å². The van der Waals surface area contributed by atoms with Gasteiger partial charge >= 0.3 is 6.18 Å². The lowest BCUT2D eigenvalue weighted by Crippen LogP contribution is -2.40. The highest BCUT2D eigenvalue weighted by atomic mass is 35.5. The Hall–Kier alpha value is -1.36. The molecule has 0 saturated heterocycles. The van der Waals surface area contributed by atoms with Gasteiger partial charge in [-0.1, -0.05) is 11.6 Å². The first kappa shape index (κ1) is 18.7. The number of nitrogens with one attached hydrogen (secondary N) is 2. The van der Waals surface area contributed by atoms with E-state index in [2.05, 4.69) is 5.32 Å². The molecule has 1 aromatic rings. The number of halogens is 4. The molecular formula is C11H13ClF3N3O3S. The third-order valence-electron chi connectivity index (χ3n) is 2.45. The molecular weight excluding hydrogens is 347 g/mol. The van der Waals surface area contributed by atoms with Crippen molar-refractivity contribution < 1.29 is 26.4 Å². The number of anilines is 1. The van der Waals surface area contributed by atoms with Crippen molar-refractivity contribution >= 4 is 33.4 Å². The highest BCUT2D eigenvalue weighted by molar-refractivity contribution is 7.87. The normalized spacial score (nSPS) is 12.5. The largest absolute Gasteiger partial charge is 0.417 e. The molecule has 0 unspecified atom stereocenters. The molecule has 1 rings (SSSR count). The van der Waals surface area contributed by atoms with Crippen molar-refractivity contribution in [3.63, 3.8) is 0 Å². The zero-order chi connectivity index (χ0) is 17.1. The SMILES string of the molecule is CN(C)S(=O)(=O)NCC(=O)Nc1ccc(Cl)c(C(F)(F)F)c1. The van der Waals surface area contributed by atoms with Gasteiger partial charge in [0.2, 0.25) is 5.91 Å². The smallest absolute Gasteiger partial charge is 0.325 e. The van der Waals surface area contributed by atoms with Gasteiger partial charge in [0.05, 0.1) is 17.1 Å². The number of benzene rings is 1. The van der Waals surface area contributed by atoms with Gasteiger partial charge in [0.15, 0.2) is 0 Å². The molecule has 1 aromatic carbocycles. The number of alkyl halides is 3. The van der Waals surface area contributed by atoms with Crippen LogP contribution in [0.1, 0.15) is 5.56 Å². The molecule has 6 nitrogen and oxygen atoms in total. The fourth-order valence-corrected chi connectivity index (χ4v) is 2.11. The first-order valence-corrected chi connectivity index (χ1v) is 7.59. The summed E-state index contributed by atoms with van der Waals surface area (Å²) >= 11 is 5.44. The number of carbonyl (C=O) groups excluding carboxylic acids is 1. The van der Waals surface area contributed by atoms with Crippen LogP contribution >= 0.6 is 11.6 Å². The van der Waals surface area contributed by atoms with Crippen LogP contribution in [0.2, 0.25) is 5.02 Å². The van der Waals surface area contributed by atoms with E-state index >= 15 is 0 Å². The number of hydrogen-bond donors (Lipinski definition) is 2. The van der Waals surface area contributed by atoms with Crippen molar-refractivity contribution in [2.24, 2.45) is 0 Å². The second-order valence-corrected chi connectivity index (χ2v) is 6.73. The molecule has 11 heteroatoms. The molecule has 22 heavy (non-hydrogen) atoms. The molecule has 1 amide bonds. The van der Waals surface area contributed by atoms with Crippen LogP contribution in [0, 0.1) is 0 Å². The first-order valence-electron chi connectivity index (χ1n) is 5.77. The van der Waals surface area contributed by atoms with Gasteiger partial charge in [-0.3, -0.25) is 4.79 Å². The average Bonchev–Trinajstić information content (AvgIpc) is 2.37. The van der Waals surface area contributed by atoms with Gasteiger partial charge in [0, 0.05) is 19.8 Å². The van der Waals surface area contributed by atoms with Crippen LogP contribution < -0.4 is 10.0 Å². The van der Waals surface area contributed by atoms with E-state index in [1.54, 1.807) is 0 Å². The van der Waals surface area contributed by atoms with Gasteiger partial charge in [-0.15, -0.1) is 0 Å². The van der Waals surface area contributed by atoms with Gasteiger partial charge in [-0.25, -0.2) is 0 Å². The Bertz CT molecular complexity index is 662. The maximum atomic E-state index is 12.7. The highest BCUT2D eigenvalue weighted by Gasteiger charge is 2.33. The summed E-state index contributed by atoms with van der Waals surface area (Å²) in [6, 6.07) is 2.83. The van der Waals surface area contributed by atoms with E-state index in [0.717, 1.165) is 10.4 Å². The lowest BCUT2D eigenvalue weighted by Gasteiger charge is -2.13. The molecule has 0 radical (unpaired) electrons. The van der Waals surface area contributed by atoms with Gasteiger partial charge in [0.25, 0.3) is 10.2 Å². The molecule has 0 atom stereocenters. The third-order valence-corrected chi connectivity index (χ3v) is 4.25. The minimum Gasteiger partial charge on any atom is -0.325 e. The number of rotatable bonds is 5. The molecule has 0 bridgehead atoms. The molecule has 0 aliphatic heterocycles. The van der Waals surface area contributed by atoms with E-state index in [1.165, 1.54) is 20.2 Å². The van der Waals surface area contributed by atoms with Crippen molar-refractivity contribution in [2.75, 3.05) is 26.0 Å². The van der Waals surface area contributed by atoms with Crippen LogP contribution in [-0.4, -0.2) is 39.3 Å². The number of carbonyl (C=O) groups is 1. The Kier molecular flexibility index (Phi) is 5.79. The summed E-state index contributed by atoms with van der Waals surface area (Å²) in [5.41, 5.74) is -1.24. The fraction of sp³-hybridized carbons (Fsp3) is 0.364. The summed E-state index contributed by atoms with van der Waals surface area (Å²) in [6.07, 6.45) is -4.66. The monoisotopic (exact) mass is 359 g/mol. The van der Waals surface area contributed by atoms with Crippen molar-refractivity contribution in [1.29, 1.82) is 0 Å². The zero-order valence-electron chi connectivity index (χ0n) is 11.5. The molecule has 0 fully saturated rings. The summed E-state index contributed by atoms with van der Waals surface area (Å²) in [6.45, 7) is -0.621. The molecule has 0 aromatic heterocycles. The molecule has 0 aliphatic carbocycles. The highest BCUT2D eigenvalue weighted by Crippen LogP contribution is 2.36. The van der Waals surface area contributed by atoms with Gasteiger partial charge < -0.3 is 5.32 Å². The van der Waals surface area contributed by atoms with Crippen LogP contribution in [0.25, 0.3) is 0 Å². The van der Waals surface area contributed by atoms with E-state index < -0.39 is 39.4 Å².